The van der Waals surface area contributed by atoms with Gasteiger partial charge in [-0.25, -0.2) is 9.97 Å². The SMILES string of the molecule is CN=C(NCC(c1ccc(OC)cc1)N1CCCC1)N1CCN(c2ncccn2)CC1.I. The number of rotatable bonds is 6. The summed E-state index contributed by atoms with van der Waals surface area (Å²) in [6, 6.07) is 10.7. The van der Waals surface area contributed by atoms with Gasteiger partial charge in [0.1, 0.15) is 5.75 Å². The Bertz CT molecular complexity index is 835. The molecule has 0 saturated carbocycles. The Hall–Kier alpha value is -2.14. The highest BCUT2D eigenvalue weighted by atomic mass is 127. The molecule has 2 aromatic rings. The van der Waals surface area contributed by atoms with Gasteiger partial charge in [-0.1, -0.05) is 12.1 Å². The predicted molar refractivity (Wildman–Crippen MR) is 139 cm³/mol. The number of likely N-dealkylation sites (tertiary alicyclic amines) is 1. The number of hydrogen-bond acceptors (Lipinski definition) is 6. The number of nitrogens with one attached hydrogen (secondary N) is 1. The van der Waals surface area contributed by atoms with Crippen LogP contribution in [0.3, 0.4) is 0 Å². The Morgan fingerprint density at radius 2 is 1.69 bits per heavy atom. The number of aliphatic imine (C=N–C) groups is 1. The third-order valence-corrected chi connectivity index (χ3v) is 6.16. The second kappa shape index (κ2) is 12.2. The molecule has 4 rings (SSSR count). The molecular formula is C23H34IN7O. The van der Waals surface area contributed by atoms with Gasteiger partial charge in [0.2, 0.25) is 5.95 Å². The van der Waals surface area contributed by atoms with Crippen LogP contribution in [-0.2, 0) is 0 Å². The van der Waals surface area contributed by atoms with Crippen LogP contribution in [-0.4, -0.2) is 85.7 Å². The molecule has 2 fully saturated rings. The number of piperazine rings is 1. The molecule has 1 aromatic heterocycles. The van der Waals surface area contributed by atoms with Gasteiger partial charge in [0.15, 0.2) is 5.96 Å². The Kier molecular flexibility index (Phi) is 9.34. The zero-order valence-electron chi connectivity index (χ0n) is 19.0. The van der Waals surface area contributed by atoms with Crippen LogP contribution in [0.5, 0.6) is 5.75 Å². The molecule has 0 aliphatic carbocycles. The van der Waals surface area contributed by atoms with Crippen LogP contribution in [0.4, 0.5) is 5.95 Å². The van der Waals surface area contributed by atoms with Gasteiger partial charge >= 0.3 is 0 Å². The summed E-state index contributed by atoms with van der Waals surface area (Å²) in [5.41, 5.74) is 1.32. The van der Waals surface area contributed by atoms with Gasteiger partial charge in [0.05, 0.1) is 13.2 Å². The number of nitrogens with zero attached hydrogens (tertiary/aromatic N) is 6. The Morgan fingerprint density at radius 3 is 2.28 bits per heavy atom. The summed E-state index contributed by atoms with van der Waals surface area (Å²) in [7, 11) is 3.58. The van der Waals surface area contributed by atoms with Gasteiger partial charge in [0, 0.05) is 52.2 Å². The van der Waals surface area contributed by atoms with Gasteiger partial charge < -0.3 is 19.9 Å². The zero-order chi connectivity index (χ0) is 21.5. The molecule has 2 saturated heterocycles. The topological polar surface area (TPSA) is 69.1 Å². The van der Waals surface area contributed by atoms with Crippen molar-refractivity contribution in [2.75, 3.05) is 64.9 Å². The van der Waals surface area contributed by atoms with E-state index >= 15 is 0 Å². The van der Waals surface area contributed by atoms with E-state index in [-0.39, 0.29) is 24.0 Å². The van der Waals surface area contributed by atoms with E-state index in [1.165, 1.54) is 18.4 Å². The largest absolute Gasteiger partial charge is 0.497 e. The average molecular weight is 551 g/mol. The first kappa shape index (κ1) is 24.5. The van der Waals surface area contributed by atoms with Crippen molar-refractivity contribution in [2.45, 2.75) is 18.9 Å². The molecule has 2 aliphatic heterocycles. The number of halogens is 1. The van der Waals surface area contributed by atoms with Crippen LogP contribution >= 0.6 is 24.0 Å². The van der Waals surface area contributed by atoms with E-state index in [4.69, 9.17) is 4.74 Å². The minimum Gasteiger partial charge on any atom is -0.497 e. The molecule has 9 heteroatoms. The predicted octanol–water partition coefficient (Wildman–Crippen LogP) is 2.64. The van der Waals surface area contributed by atoms with Crippen LogP contribution in [0.1, 0.15) is 24.4 Å². The molecule has 8 nitrogen and oxygen atoms in total. The number of hydrogen-bond donors (Lipinski definition) is 1. The summed E-state index contributed by atoms with van der Waals surface area (Å²) in [6.07, 6.45) is 6.13. The number of anilines is 1. The molecule has 0 spiro atoms. The summed E-state index contributed by atoms with van der Waals surface area (Å²) < 4.78 is 5.34. The van der Waals surface area contributed by atoms with Gasteiger partial charge in [-0.3, -0.25) is 9.89 Å². The minimum absolute atomic E-state index is 0. The van der Waals surface area contributed by atoms with Crippen LogP contribution in [0.25, 0.3) is 0 Å². The summed E-state index contributed by atoms with van der Waals surface area (Å²) in [5.74, 6) is 2.66. The second-order valence-electron chi connectivity index (χ2n) is 7.98. The number of methoxy groups -OCH3 is 1. The van der Waals surface area contributed by atoms with E-state index in [9.17, 15) is 0 Å². The van der Waals surface area contributed by atoms with Gasteiger partial charge in [-0.15, -0.1) is 24.0 Å². The molecular weight excluding hydrogens is 517 g/mol. The van der Waals surface area contributed by atoms with E-state index in [1.54, 1.807) is 19.5 Å². The number of benzene rings is 1. The maximum absolute atomic E-state index is 5.34. The average Bonchev–Trinajstić information content (AvgIpc) is 3.37. The second-order valence-corrected chi connectivity index (χ2v) is 7.98. The highest BCUT2D eigenvalue weighted by molar-refractivity contribution is 14.0. The first-order valence-electron chi connectivity index (χ1n) is 11.1. The van der Waals surface area contributed by atoms with Gasteiger partial charge in [-0.05, 0) is 49.7 Å². The van der Waals surface area contributed by atoms with Crippen molar-refractivity contribution in [3.63, 3.8) is 0 Å². The highest BCUT2D eigenvalue weighted by Gasteiger charge is 2.26. The lowest BCUT2D eigenvalue weighted by Gasteiger charge is -2.37. The third-order valence-electron chi connectivity index (χ3n) is 6.16. The van der Waals surface area contributed by atoms with Crippen LogP contribution in [0.15, 0.2) is 47.7 Å². The maximum atomic E-state index is 5.34. The van der Waals surface area contributed by atoms with Crippen LogP contribution in [0, 0.1) is 0 Å². The van der Waals surface area contributed by atoms with Crippen molar-refractivity contribution in [1.29, 1.82) is 0 Å². The van der Waals surface area contributed by atoms with E-state index in [2.05, 4.69) is 59.2 Å². The molecule has 32 heavy (non-hydrogen) atoms. The van der Waals surface area contributed by atoms with Crippen molar-refractivity contribution < 1.29 is 4.74 Å². The zero-order valence-corrected chi connectivity index (χ0v) is 21.3. The maximum Gasteiger partial charge on any atom is 0.225 e. The number of aromatic nitrogens is 2. The molecule has 1 N–H and O–H groups in total. The fraction of sp³-hybridized carbons (Fsp3) is 0.522. The molecule has 1 unspecified atom stereocenters. The highest BCUT2D eigenvalue weighted by Crippen LogP contribution is 2.26. The quantitative estimate of drug-likeness (QED) is 0.337. The van der Waals surface area contributed by atoms with Crippen molar-refractivity contribution >= 4 is 35.9 Å². The Balaban J connectivity index is 0.00000289. The summed E-state index contributed by atoms with van der Waals surface area (Å²) >= 11 is 0. The fourth-order valence-electron chi connectivity index (χ4n) is 4.43. The van der Waals surface area contributed by atoms with Crippen molar-refractivity contribution in [2.24, 2.45) is 4.99 Å². The lowest BCUT2D eigenvalue weighted by Crippen LogP contribution is -2.53. The van der Waals surface area contributed by atoms with Crippen molar-refractivity contribution in [3.05, 3.63) is 48.3 Å². The summed E-state index contributed by atoms with van der Waals surface area (Å²) in [4.78, 5) is 20.5. The molecule has 1 atom stereocenters. The summed E-state index contributed by atoms with van der Waals surface area (Å²) in [5, 5.41) is 3.65. The van der Waals surface area contributed by atoms with Crippen molar-refractivity contribution in [1.82, 2.24) is 25.1 Å². The molecule has 174 valence electrons. The van der Waals surface area contributed by atoms with E-state index in [1.807, 2.05) is 13.1 Å². The van der Waals surface area contributed by atoms with Crippen LogP contribution in [0.2, 0.25) is 0 Å². The fourth-order valence-corrected chi connectivity index (χ4v) is 4.43. The Labute approximate surface area is 208 Å². The monoisotopic (exact) mass is 551 g/mol. The van der Waals surface area contributed by atoms with Gasteiger partial charge in [-0.2, -0.15) is 0 Å². The molecule has 2 aliphatic rings. The van der Waals surface area contributed by atoms with E-state index < -0.39 is 0 Å². The summed E-state index contributed by atoms with van der Waals surface area (Å²) in [6.45, 7) is 6.70. The third kappa shape index (κ3) is 6.00. The van der Waals surface area contributed by atoms with Gasteiger partial charge in [0.25, 0.3) is 0 Å². The minimum atomic E-state index is 0. The molecule has 1 aromatic carbocycles. The molecule has 0 amide bonds. The normalized spacial score (nSPS) is 18.2. The number of ether oxygens (including phenoxy) is 1. The first-order chi connectivity index (χ1) is 15.3. The standard InChI is InChI=1S/C23H33N7O.HI/c1-24-22(29-14-16-30(17-15-29)23-25-10-5-11-26-23)27-18-21(28-12-3-4-13-28)19-6-8-20(31-2)9-7-19;/h5-11,21H,3-4,12-18H2,1-2H3,(H,24,27);1H. The van der Waals surface area contributed by atoms with E-state index in [0.717, 1.165) is 63.5 Å². The molecule has 0 bridgehead atoms. The van der Waals surface area contributed by atoms with Crippen LogP contribution < -0.4 is 15.0 Å². The Morgan fingerprint density at radius 1 is 1.03 bits per heavy atom. The lowest BCUT2D eigenvalue weighted by molar-refractivity contribution is 0.242. The van der Waals surface area contributed by atoms with E-state index in [0.29, 0.717) is 6.04 Å². The number of guanidine groups is 1. The lowest BCUT2D eigenvalue weighted by atomic mass is 10.1. The molecule has 3 heterocycles. The first-order valence-corrected chi connectivity index (χ1v) is 11.1. The van der Waals surface area contributed by atoms with Crippen molar-refractivity contribution in [3.8, 4) is 5.75 Å². The smallest absolute Gasteiger partial charge is 0.225 e. The molecule has 0 radical (unpaired) electrons.